The summed E-state index contributed by atoms with van der Waals surface area (Å²) in [5, 5.41) is 9.88. The lowest BCUT2D eigenvalue weighted by Gasteiger charge is -2.37. The highest BCUT2D eigenvalue weighted by atomic mass is 35.5. The van der Waals surface area contributed by atoms with Crippen LogP contribution < -0.4 is 4.74 Å². The normalized spacial score (nSPS) is 18.6. The van der Waals surface area contributed by atoms with Crippen molar-refractivity contribution in [2.45, 2.75) is 31.2 Å². The number of alkyl halides is 3. The fraction of sp³-hybridized carbons (Fsp3) is 0.455. The van der Waals surface area contributed by atoms with Crippen LogP contribution in [0.3, 0.4) is 0 Å². The van der Waals surface area contributed by atoms with Crippen LogP contribution in [0.1, 0.15) is 24.8 Å². The summed E-state index contributed by atoms with van der Waals surface area (Å²) in [5.74, 6) is -0.475. The van der Waals surface area contributed by atoms with Crippen molar-refractivity contribution < 1.29 is 23.0 Å². The Labute approximate surface area is 101 Å². The molecular weight excluding hydrogens is 257 g/mol. The van der Waals surface area contributed by atoms with Crippen molar-refractivity contribution >= 4 is 11.6 Å². The zero-order valence-electron chi connectivity index (χ0n) is 8.72. The van der Waals surface area contributed by atoms with Crippen molar-refractivity contribution in [1.29, 1.82) is 0 Å². The predicted molar refractivity (Wildman–Crippen MR) is 55.9 cm³/mol. The summed E-state index contributed by atoms with van der Waals surface area (Å²) in [6.45, 7) is 0. The Morgan fingerprint density at radius 1 is 1.29 bits per heavy atom. The van der Waals surface area contributed by atoms with Gasteiger partial charge >= 0.3 is 6.36 Å². The maximum atomic E-state index is 12.1. The lowest BCUT2D eigenvalue weighted by molar-refractivity contribution is -0.274. The molecule has 1 fully saturated rings. The third-order valence-electron chi connectivity index (χ3n) is 2.87. The molecule has 0 unspecified atom stereocenters. The van der Waals surface area contributed by atoms with Crippen molar-refractivity contribution in [3.8, 4) is 5.75 Å². The van der Waals surface area contributed by atoms with Gasteiger partial charge in [-0.15, -0.1) is 13.2 Å². The highest BCUT2D eigenvalue weighted by molar-refractivity contribution is 6.32. The number of aliphatic hydroxyl groups is 1. The van der Waals surface area contributed by atoms with Crippen molar-refractivity contribution in [3.05, 3.63) is 28.8 Å². The van der Waals surface area contributed by atoms with E-state index in [-0.39, 0.29) is 5.02 Å². The van der Waals surface area contributed by atoms with E-state index in [2.05, 4.69) is 4.74 Å². The van der Waals surface area contributed by atoms with Crippen LogP contribution in [0.2, 0.25) is 5.02 Å². The van der Waals surface area contributed by atoms with Gasteiger partial charge in [0.2, 0.25) is 0 Å². The van der Waals surface area contributed by atoms with Crippen LogP contribution in [0.4, 0.5) is 13.2 Å². The predicted octanol–water partition coefficient (Wildman–Crippen LogP) is 3.61. The maximum Gasteiger partial charge on any atom is 0.573 e. The molecule has 6 heteroatoms. The second-order valence-electron chi connectivity index (χ2n) is 4.08. The Hall–Kier alpha value is -0.940. The Morgan fingerprint density at radius 3 is 2.41 bits per heavy atom. The summed E-state index contributed by atoms with van der Waals surface area (Å²) in [6.07, 6.45) is -2.85. The molecule has 1 aliphatic rings. The molecule has 1 N–H and O–H groups in total. The van der Waals surface area contributed by atoms with Crippen molar-refractivity contribution in [1.82, 2.24) is 0 Å². The second kappa shape index (κ2) is 4.07. The molecule has 1 aromatic rings. The molecule has 2 nitrogen and oxygen atoms in total. The van der Waals surface area contributed by atoms with Gasteiger partial charge < -0.3 is 9.84 Å². The molecule has 1 saturated carbocycles. The van der Waals surface area contributed by atoms with Gasteiger partial charge in [-0.1, -0.05) is 17.7 Å². The molecule has 94 valence electrons. The smallest absolute Gasteiger partial charge is 0.404 e. The molecule has 17 heavy (non-hydrogen) atoms. The molecule has 0 aliphatic heterocycles. The first-order valence-electron chi connectivity index (χ1n) is 5.08. The van der Waals surface area contributed by atoms with Crippen LogP contribution in [0.25, 0.3) is 0 Å². The van der Waals surface area contributed by atoms with Gasteiger partial charge in [-0.2, -0.15) is 0 Å². The van der Waals surface area contributed by atoms with Gasteiger partial charge in [0.05, 0.1) is 10.6 Å². The first-order valence-corrected chi connectivity index (χ1v) is 5.46. The van der Waals surface area contributed by atoms with Crippen LogP contribution in [-0.2, 0) is 5.60 Å². The van der Waals surface area contributed by atoms with Crippen molar-refractivity contribution in [2.24, 2.45) is 0 Å². The van der Waals surface area contributed by atoms with Gasteiger partial charge in [-0.05, 0) is 37.0 Å². The molecule has 0 saturated heterocycles. The maximum absolute atomic E-state index is 12.1. The molecule has 0 bridgehead atoms. The molecule has 0 amide bonds. The molecule has 2 rings (SSSR count). The van der Waals surface area contributed by atoms with Crippen LogP contribution >= 0.6 is 11.6 Å². The first kappa shape index (κ1) is 12.5. The number of halogens is 4. The van der Waals surface area contributed by atoms with E-state index < -0.39 is 17.7 Å². The minimum absolute atomic E-state index is 0.131. The van der Waals surface area contributed by atoms with Crippen LogP contribution in [0.5, 0.6) is 5.75 Å². The van der Waals surface area contributed by atoms with E-state index in [4.69, 9.17) is 11.6 Å². The fourth-order valence-electron chi connectivity index (χ4n) is 1.80. The molecule has 0 aromatic heterocycles. The van der Waals surface area contributed by atoms with E-state index in [0.717, 1.165) is 12.5 Å². The van der Waals surface area contributed by atoms with Gasteiger partial charge in [0, 0.05) is 0 Å². The average Bonchev–Trinajstić information content (AvgIpc) is 2.16. The number of hydrogen-bond donors (Lipinski definition) is 1. The summed E-state index contributed by atoms with van der Waals surface area (Å²) in [7, 11) is 0. The van der Waals surface area contributed by atoms with Gasteiger partial charge in [0.1, 0.15) is 5.75 Å². The SMILES string of the molecule is OC1(c2ccc(Cl)c(OC(F)(F)F)c2)CCC1. The molecule has 0 atom stereocenters. The molecule has 0 heterocycles. The second-order valence-corrected chi connectivity index (χ2v) is 4.49. The summed E-state index contributed by atoms with van der Waals surface area (Å²) in [6, 6.07) is 3.97. The van der Waals surface area contributed by atoms with Gasteiger partial charge in [-0.3, -0.25) is 0 Å². The van der Waals surface area contributed by atoms with E-state index in [1.54, 1.807) is 0 Å². The van der Waals surface area contributed by atoms with E-state index in [0.29, 0.717) is 18.4 Å². The van der Waals surface area contributed by atoms with E-state index >= 15 is 0 Å². The van der Waals surface area contributed by atoms with Gasteiger partial charge in [0.15, 0.2) is 0 Å². The van der Waals surface area contributed by atoms with E-state index in [9.17, 15) is 18.3 Å². The number of rotatable bonds is 2. The minimum atomic E-state index is -4.79. The average molecular weight is 267 g/mol. The Morgan fingerprint density at radius 2 is 1.94 bits per heavy atom. The Balaban J connectivity index is 2.29. The van der Waals surface area contributed by atoms with Crippen molar-refractivity contribution in [3.63, 3.8) is 0 Å². The lowest BCUT2D eigenvalue weighted by atomic mass is 9.75. The Bertz CT molecular complexity index is 427. The standard InChI is InChI=1S/C11H10ClF3O2/c12-8-3-2-7(10(16)4-1-5-10)6-9(8)17-11(13,14)15/h2-3,6,16H,1,4-5H2. The molecule has 0 radical (unpaired) electrons. The number of ether oxygens (including phenoxy) is 1. The topological polar surface area (TPSA) is 29.5 Å². The van der Waals surface area contributed by atoms with Gasteiger partial charge in [0.25, 0.3) is 0 Å². The minimum Gasteiger partial charge on any atom is -0.404 e. The largest absolute Gasteiger partial charge is 0.573 e. The molecule has 1 aromatic carbocycles. The van der Waals surface area contributed by atoms with Crippen LogP contribution in [0.15, 0.2) is 18.2 Å². The van der Waals surface area contributed by atoms with Crippen LogP contribution in [-0.4, -0.2) is 11.5 Å². The molecule has 1 aliphatic carbocycles. The highest BCUT2D eigenvalue weighted by Gasteiger charge is 2.38. The number of hydrogen-bond acceptors (Lipinski definition) is 2. The third-order valence-corrected chi connectivity index (χ3v) is 3.19. The Kier molecular flexibility index (Phi) is 2.99. The monoisotopic (exact) mass is 266 g/mol. The van der Waals surface area contributed by atoms with Crippen molar-refractivity contribution in [2.75, 3.05) is 0 Å². The highest BCUT2D eigenvalue weighted by Crippen LogP contribution is 2.43. The van der Waals surface area contributed by atoms with Gasteiger partial charge in [-0.25, -0.2) is 0 Å². The van der Waals surface area contributed by atoms with Crippen LogP contribution in [0, 0.1) is 0 Å². The first-order chi connectivity index (χ1) is 7.80. The summed E-state index contributed by atoms with van der Waals surface area (Å²) in [5.41, 5.74) is -0.624. The third kappa shape index (κ3) is 2.66. The summed E-state index contributed by atoms with van der Waals surface area (Å²) >= 11 is 5.61. The fourth-order valence-corrected chi connectivity index (χ4v) is 1.95. The number of benzene rings is 1. The lowest BCUT2D eigenvalue weighted by Crippen LogP contribution is -2.33. The van der Waals surface area contributed by atoms with E-state index in [1.165, 1.54) is 12.1 Å². The summed E-state index contributed by atoms with van der Waals surface area (Å²) < 4.78 is 40.1. The quantitative estimate of drug-likeness (QED) is 0.886. The molecule has 0 spiro atoms. The zero-order chi connectivity index (χ0) is 12.7. The van der Waals surface area contributed by atoms with E-state index in [1.807, 2.05) is 0 Å². The zero-order valence-corrected chi connectivity index (χ0v) is 9.48. The summed E-state index contributed by atoms with van der Waals surface area (Å²) in [4.78, 5) is 0. The molecular formula is C11H10ClF3O2.